The van der Waals surface area contributed by atoms with E-state index in [0.29, 0.717) is 16.7 Å². The van der Waals surface area contributed by atoms with Gasteiger partial charge in [-0.3, -0.25) is 14.1 Å². The highest BCUT2D eigenvalue weighted by Crippen LogP contribution is 2.37. The zero-order valence-electron chi connectivity index (χ0n) is 15.6. The van der Waals surface area contributed by atoms with Crippen LogP contribution in [0.25, 0.3) is 0 Å². The molecule has 160 valence electrons. The second kappa shape index (κ2) is 9.62. The molecule has 0 bridgehead atoms. The number of carbonyl (C=O) groups is 1. The van der Waals surface area contributed by atoms with Crippen molar-refractivity contribution < 1.29 is 31.3 Å². The first-order valence-corrected chi connectivity index (χ1v) is 10.8. The highest BCUT2D eigenvalue weighted by atomic mass is 32.2. The van der Waals surface area contributed by atoms with Gasteiger partial charge < -0.3 is 15.8 Å². The van der Waals surface area contributed by atoms with Gasteiger partial charge in [0.05, 0.1) is 11.3 Å². The Bertz CT molecular complexity index is 1120. The molecule has 0 aliphatic heterocycles. The molecule has 13 heteroatoms. The number of aromatic amines is 1. The number of hydrogen-bond acceptors (Lipinski definition) is 8. The number of amides is 1. The van der Waals surface area contributed by atoms with Gasteiger partial charge in [-0.15, -0.1) is 0 Å². The SMILES string of the molecule is CCC1(N=S(=O)=O)CC(CS(=O)(=O)O)=C(C)C=C1O.NC(=O)c1ccc(=O)[nH]c1. The Balaban J connectivity index is 0.000000352. The Labute approximate surface area is 168 Å². The number of hydrogen-bond donors (Lipinski definition) is 4. The molecule has 11 nitrogen and oxygen atoms in total. The van der Waals surface area contributed by atoms with Crippen LogP contribution in [0, 0.1) is 0 Å². The van der Waals surface area contributed by atoms with E-state index < -0.39 is 37.8 Å². The molecule has 1 heterocycles. The van der Waals surface area contributed by atoms with Crippen LogP contribution < -0.4 is 11.3 Å². The number of carbonyl (C=O) groups excluding carboxylic acids is 1. The Morgan fingerprint density at radius 2 is 2.00 bits per heavy atom. The number of aliphatic hydroxyl groups is 1. The number of aromatic nitrogens is 1. The van der Waals surface area contributed by atoms with Crippen LogP contribution in [-0.2, 0) is 20.6 Å². The number of primary amides is 1. The van der Waals surface area contributed by atoms with Crippen molar-refractivity contribution in [3.8, 4) is 0 Å². The summed E-state index contributed by atoms with van der Waals surface area (Å²) in [4.78, 5) is 23.2. The lowest BCUT2D eigenvalue weighted by molar-refractivity contribution is 0.1000. The molecule has 1 unspecified atom stereocenters. The van der Waals surface area contributed by atoms with E-state index in [1.54, 1.807) is 13.8 Å². The summed E-state index contributed by atoms with van der Waals surface area (Å²) in [5, 5.41) is 9.90. The first-order valence-electron chi connectivity index (χ1n) is 8.15. The predicted octanol–water partition coefficient (Wildman–Crippen LogP) is 0.722. The van der Waals surface area contributed by atoms with Crippen molar-refractivity contribution in [1.82, 2.24) is 4.98 Å². The lowest BCUT2D eigenvalue weighted by atomic mass is 9.81. The summed E-state index contributed by atoms with van der Waals surface area (Å²) >= 11 is 0. The van der Waals surface area contributed by atoms with Gasteiger partial charge in [0.15, 0.2) is 0 Å². The van der Waals surface area contributed by atoms with Crippen LogP contribution in [0.2, 0.25) is 0 Å². The molecule has 1 amide bonds. The van der Waals surface area contributed by atoms with E-state index in [9.17, 15) is 31.5 Å². The Kier molecular flexibility index (Phi) is 8.05. The van der Waals surface area contributed by atoms with E-state index in [4.69, 9.17) is 10.3 Å². The molecule has 1 aromatic rings. The van der Waals surface area contributed by atoms with Gasteiger partial charge in [-0.05, 0) is 36.6 Å². The van der Waals surface area contributed by atoms with E-state index in [1.165, 1.54) is 24.4 Å². The molecule has 2 rings (SSSR count). The predicted molar refractivity (Wildman–Crippen MR) is 104 cm³/mol. The van der Waals surface area contributed by atoms with Gasteiger partial charge in [0.1, 0.15) is 11.3 Å². The molecule has 0 saturated carbocycles. The van der Waals surface area contributed by atoms with Crippen molar-refractivity contribution in [3.05, 3.63) is 57.2 Å². The highest BCUT2D eigenvalue weighted by molar-refractivity contribution is 7.86. The van der Waals surface area contributed by atoms with Gasteiger partial charge in [0, 0.05) is 18.7 Å². The molecule has 1 aliphatic carbocycles. The molecule has 29 heavy (non-hydrogen) atoms. The highest BCUT2D eigenvalue weighted by Gasteiger charge is 2.38. The van der Waals surface area contributed by atoms with Crippen molar-refractivity contribution in [3.63, 3.8) is 0 Å². The smallest absolute Gasteiger partial charge is 0.312 e. The maximum Gasteiger partial charge on any atom is 0.312 e. The summed E-state index contributed by atoms with van der Waals surface area (Å²) in [5.74, 6) is -1.38. The van der Waals surface area contributed by atoms with Crippen LogP contribution in [0.3, 0.4) is 0 Å². The fourth-order valence-electron chi connectivity index (χ4n) is 2.57. The van der Waals surface area contributed by atoms with E-state index in [2.05, 4.69) is 9.35 Å². The van der Waals surface area contributed by atoms with E-state index in [-0.39, 0.29) is 24.2 Å². The number of allylic oxidation sites excluding steroid dienone is 2. The van der Waals surface area contributed by atoms with Crippen LogP contribution in [0.5, 0.6) is 0 Å². The van der Waals surface area contributed by atoms with Crippen molar-refractivity contribution in [2.45, 2.75) is 32.2 Å². The number of nitrogens with one attached hydrogen (secondary N) is 1. The fourth-order valence-corrected chi connectivity index (χ4v) is 3.91. The minimum atomic E-state index is -4.23. The number of rotatable bonds is 5. The lowest BCUT2D eigenvalue weighted by Crippen LogP contribution is -2.33. The zero-order valence-corrected chi connectivity index (χ0v) is 17.2. The van der Waals surface area contributed by atoms with Crippen LogP contribution in [0.15, 0.2) is 50.5 Å². The number of pyridine rings is 1. The van der Waals surface area contributed by atoms with Gasteiger partial charge in [-0.25, -0.2) is 0 Å². The van der Waals surface area contributed by atoms with E-state index >= 15 is 0 Å². The van der Waals surface area contributed by atoms with Gasteiger partial charge in [-0.1, -0.05) is 6.92 Å². The van der Waals surface area contributed by atoms with Crippen molar-refractivity contribution in [2.75, 3.05) is 5.75 Å². The van der Waals surface area contributed by atoms with E-state index in [0.717, 1.165) is 0 Å². The Morgan fingerprint density at radius 1 is 1.38 bits per heavy atom. The van der Waals surface area contributed by atoms with E-state index in [1.807, 2.05) is 0 Å². The van der Waals surface area contributed by atoms with Gasteiger partial charge >= 0.3 is 10.5 Å². The first kappa shape index (κ1) is 24.3. The van der Waals surface area contributed by atoms with Crippen LogP contribution in [-0.4, -0.2) is 48.7 Å². The molecular weight excluding hydrogens is 426 g/mol. The number of nitrogens with zero attached hydrogens (tertiary/aromatic N) is 1. The molecule has 0 saturated heterocycles. The number of nitrogens with two attached hydrogens (primary N) is 1. The zero-order chi connectivity index (χ0) is 22.4. The Morgan fingerprint density at radius 3 is 2.41 bits per heavy atom. The Hall–Kier alpha value is -2.77. The van der Waals surface area contributed by atoms with Gasteiger partial charge in [0.2, 0.25) is 11.5 Å². The molecule has 5 N–H and O–H groups in total. The maximum absolute atomic E-state index is 10.9. The van der Waals surface area contributed by atoms with Crippen molar-refractivity contribution >= 4 is 26.5 Å². The second-order valence-electron chi connectivity index (χ2n) is 6.22. The second-order valence-corrected chi connectivity index (χ2v) is 8.29. The third kappa shape index (κ3) is 7.29. The molecule has 1 aliphatic rings. The molecule has 0 radical (unpaired) electrons. The summed E-state index contributed by atoms with van der Waals surface area (Å²) in [6.45, 7) is 3.20. The largest absolute Gasteiger partial charge is 0.510 e. The topological polar surface area (TPSA) is 197 Å². The summed E-state index contributed by atoms with van der Waals surface area (Å²) < 4.78 is 55.7. The summed E-state index contributed by atoms with van der Waals surface area (Å²) in [6, 6.07) is 2.63. The summed E-state index contributed by atoms with van der Waals surface area (Å²) in [7, 11) is -6.96. The lowest BCUT2D eigenvalue weighted by Gasteiger charge is -2.31. The normalized spacial score (nSPS) is 18.9. The number of aliphatic hydroxyl groups excluding tert-OH is 1. The van der Waals surface area contributed by atoms with Crippen LogP contribution in [0.1, 0.15) is 37.0 Å². The summed E-state index contributed by atoms with van der Waals surface area (Å²) in [5.41, 5.74) is 4.39. The monoisotopic (exact) mass is 447 g/mol. The molecule has 1 aromatic heterocycles. The fraction of sp³-hybridized carbons (Fsp3) is 0.375. The first-order chi connectivity index (χ1) is 13.3. The molecule has 1 atom stereocenters. The van der Waals surface area contributed by atoms with Crippen molar-refractivity contribution in [1.29, 1.82) is 0 Å². The standard InChI is InChI=1S/C10H15NO6S2.C6H6N2O2/c1-3-10(11-18(13)14)5-8(6-19(15,16)17)7(2)4-9(10)12;7-6(10)4-1-2-5(9)8-3-4/h4,12H,3,5-6H2,1-2H3,(H,15,16,17);1-3H,(H2,7,10)(H,8,9). The molecule has 0 spiro atoms. The average Bonchev–Trinajstić information content (AvgIpc) is 2.58. The number of H-pyrrole nitrogens is 1. The van der Waals surface area contributed by atoms with Gasteiger partial charge in [0.25, 0.3) is 10.1 Å². The maximum atomic E-state index is 10.9. The average molecular weight is 447 g/mol. The van der Waals surface area contributed by atoms with Crippen molar-refractivity contribution in [2.24, 2.45) is 10.1 Å². The quantitative estimate of drug-likeness (QED) is 0.473. The van der Waals surface area contributed by atoms with Crippen LogP contribution >= 0.6 is 0 Å². The summed E-state index contributed by atoms with van der Waals surface area (Å²) in [6.07, 6.45) is 2.69. The molecule has 0 aromatic carbocycles. The third-order valence-electron chi connectivity index (χ3n) is 4.15. The minimum Gasteiger partial charge on any atom is -0.510 e. The molecule has 0 fully saturated rings. The third-order valence-corrected chi connectivity index (χ3v) is 5.36. The van der Waals surface area contributed by atoms with Gasteiger partial charge in [-0.2, -0.15) is 21.2 Å². The minimum absolute atomic E-state index is 0.0641. The van der Waals surface area contributed by atoms with Crippen LogP contribution in [0.4, 0.5) is 0 Å². The molecular formula is C16H21N3O8S2.